The average molecular weight is 348 g/mol. The molecule has 0 saturated carbocycles. The van der Waals surface area contributed by atoms with Crippen LogP contribution in [-0.4, -0.2) is 20.8 Å². The summed E-state index contributed by atoms with van der Waals surface area (Å²) < 4.78 is 0. The van der Waals surface area contributed by atoms with Crippen LogP contribution in [0.5, 0.6) is 0 Å². The van der Waals surface area contributed by atoms with Crippen LogP contribution >= 0.6 is 34.8 Å². The van der Waals surface area contributed by atoms with Crippen LogP contribution in [0.2, 0.25) is 15.5 Å². The standard InChI is InChI=1S/C11H5Cl3N4O3/c12-7-3-5(18(20)21)1-2-6(7)10(19)16-9-4-8(13)15-11(14)17-9/h1-4H,(H,15,16,17,19). The molecule has 7 nitrogen and oxygen atoms in total. The summed E-state index contributed by atoms with van der Waals surface area (Å²) >= 11 is 17.1. The number of non-ortho nitro benzene ring substituents is 1. The highest BCUT2D eigenvalue weighted by molar-refractivity contribution is 6.35. The summed E-state index contributed by atoms with van der Waals surface area (Å²) in [4.78, 5) is 29.4. The van der Waals surface area contributed by atoms with Gasteiger partial charge in [-0.15, -0.1) is 0 Å². The number of nitrogens with one attached hydrogen (secondary N) is 1. The third-order valence-corrected chi connectivity index (χ3v) is 2.99. The largest absolute Gasteiger partial charge is 0.306 e. The number of aromatic nitrogens is 2. The second-order valence-corrected chi connectivity index (χ2v) is 4.85. The van der Waals surface area contributed by atoms with Crippen LogP contribution in [0, 0.1) is 10.1 Å². The molecule has 2 aromatic rings. The van der Waals surface area contributed by atoms with Crippen LogP contribution in [-0.2, 0) is 0 Å². The normalized spacial score (nSPS) is 10.2. The van der Waals surface area contributed by atoms with Crippen LogP contribution in [0.25, 0.3) is 0 Å². The van der Waals surface area contributed by atoms with Gasteiger partial charge in [0.05, 0.1) is 15.5 Å². The Hall–Kier alpha value is -1.96. The van der Waals surface area contributed by atoms with E-state index in [1.54, 1.807) is 0 Å². The fraction of sp³-hybridized carbons (Fsp3) is 0. The van der Waals surface area contributed by atoms with E-state index in [9.17, 15) is 14.9 Å². The number of anilines is 1. The van der Waals surface area contributed by atoms with Crippen molar-refractivity contribution in [3.05, 3.63) is 55.4 Å². The lowest BCUT2D eigenvalue weighted by molar-refractivity contribution is -0.384. The van der Waals surface area contributed by atoms with Crippen molar-refractivity contribution in [2.45, 2.75) is 0 Å². The van der Waals surface area contributed by atoms with Crippen LogP contribution in [0.15, 0.2) is 24.3 Å². The lowest BCUT2D eigenvalue weighted by Crippen LogP contribution is -2.14. The summed E-state index contributed by atoms with van der Waals surface area (Å²) in [6.45, 7) is 0. The van der Waals surface area contributed by atoms with Crippen molar-refractivity contribution in [2.75, 3.05) is 5.32 Å². The number of carbonyl (C=O) groups is 1. The number of nitrogens with zero attached hydrogens (tertiary/aromatic N) is 3. The average Bonchev–Trinajstić information content (AvgIpc) is 2.36. The maximum absolute atomic E-state index is 12.0. The minimum absolute atomic E-state index is 0.0492. The first-order chi connectivity index (χ1) is 9.86. The van der Waals surface area contributed by atoms with E-state index in [0.717, 1.165) is 6.07 Å². The molecule has 0 fully saturated rings. The van der Waals surface area contributed by atoms with Crippen LogP contribution in [0.3, 0.4) is 0 Å². The highest BCUT2D eigenvalue weighted by Crippen LogP contribution is 2.23. The summed E-state index contributed by atoms with van der Waals surface area (Å²) in [6.07, 6.45) is 0. The molecule has 0 saturated heterocycles. The van der Waals surface area contributed by atoms with Crippen molar-refractivity contribution in [3.8, 4) is 0 Å². The van der Waals surface area contributed by atoms with Gasteiger partial charge in [0.1, 0.15) is 11.0 Å². The Balaban J connectivity index is 2.26. The molecule has 0 bridgehead atoms. The van der Waals surface area contributed by atoms with E-state index in [1.165, 1.54) is 18.2 Å². The second kappa shape index (κ2) is 6.21. The summed E-state index contributed by atoms with van der Waals surface area (Å²) in [6, 6.07) is 4.78. The summed E-state index contributed by atoms with van der Waals surface area (Å²) in [7, 11) is 0. The van der Waals surface area contributed by atoms with Gasteiger partial charge in [0.15, 0.2) is 0 Å². The lowest BCUT2D eigenvalue weighted by Gasteiger charge is -2.06. The van der Waals surface area contributed by atoms with Gasteiger partial charge in [-0.1, -0.05) is 23.2 Å². The fourth-order valence-electron chi connectivity index (χ4n) is 1.44. The number of benzene rings is 1. The Morgan fingerprint density at radius 2 is 1.90 bits per heavy atom. The maximum atomic E-state index is 12.0. The van der Waals surface area contributed by atoms with E-state index in [4.69, 9.17) is 34.8 Å². The minimum atomic E-state index is -0.614. The van der Waals surface area contributed by atoms with Gasteiger partial charge >= 0.3 is 0 Å². The highest BCUT2D eigenvalue weighted by Gasteiger charge is 2.16. The smallest absolute Gasteiger partial charge is 0.270 e. The zero-order chi connectivity index (χ0) is 15.6. The molecular weight excluding hydrogens is 343 g/mol. The molecule has 1 N–H and O–H groups in total. The van der Waals surface area contributed by atoms with Crippen LogP contribution < -0.4 is 5.32 Å². The first kappa shape index (κ1) is 15.4. The van der Waals surface area contributed by atoms with Gasteiger partial charge < -0.3 is 5.32 Å². The first-order valence-corrected chi connectivity index (χ1v) is 6.45. The number of rotatable bonds is 3. The summed E-state index contributed by atoms with van der Waals surface area (Å²) in [5, 5.41) is 12.9. The van der Waals surface area contributed by atoms with Gasteiger partial charge in [0.2, 0.25) is 5.28 Å². The Morgan fingerprint density at radius 1 is 1.19 bits per heavy atom. The molecule has 0 aliphatic heterocycles. The van der Waals surface area contributed by atoms with Crippen molar-refractivity contribution < 1.29 is 9.72 Å². The van der Waals surface area contributed by atoms with E-state index in [1.807, 2.05) is 0 Å². The van der Waals surface area contributed by atoms with Gasteiger partial charge in [-0.25, -0.2) is 9.97 Å². The van der Waals surface area contributed by atoms with Gasteiger partial charge in [0.25, 0.3) is 11.6 Å². The predicted molar refractivity (Wildman–Crippen MR) is 78.1 cm³/mol. The summed E-state index contributed by atoms with van der Waals surface area (Å²) in [5.74, 6) is -0.528. The van der Waals surface area contributed by atoms with Crippen molar-refractivity contribution in [2.24, 2.45) is 0 Å². The fourth-order valence-corrected chi connectivity index (χ4v) is 2.11. The Kier molecular flexibility index (Phi) is 4.56. The molecule has 0 unspecified atom stereocenters. The first-order valence-electron chi connectivity index (χ1n) is 5.32. The molecule has 0 aliphatic rings. The molecule has 2 rings (SSSR count). The zero-order valence-electron chi connectivity index (χ0n) is 10.0. The molecule has 0 radical (unpaired) electrons. The minimum Gasteiger partial charge on any atom is -0.306 e. The van der Waals surface area contributed by atoms with Crippen molar-refractivity contribution in [1.82, 2.24) is 9.97 Å². The molecule has 1 aromatic heterocycles. The van der Waals surface area contributed by atoms with Crippen molar-refractivity contribution >= 4 is 52.2 Å². The molecule has 0 atom stereocenters. The van der Waals surface area contributed by atoms with Gasteiger partial charge in [0, 0.05) is 18.2 Å². The second-order valence-electron chi connectivity index (χ2n) is 3.72. The number of amides is 1. The Labute approximate surface area is 133 Å². The van der Waals surface area contributed by atoms with Gasteiger partial charge in [-0.05, 0) is 17.7 Å². The maximum Gasteiger partial charge on any atom is 0.270 e. The Morgan fingerprint density at radius 3 is 2.48 bits per heavy atom. The molecule has 21 heavy (non-hydrogen) atoms. The molecule has 1 amide bonds. The van der Waals surface area contributed by atoms with Crippen molar-refractivity contribution in [1.29, 1.82) is 0 Å². The van der Waals surface area contributed by atoms with E-state index in [-0.39, 0.29) is 32.5 Å². The lowest BCUT2D eigenvalue weighted by atomic mass is 10.2. The molecule has 1 aromatic carbocycles. The van der Waals surface area contributed by atoms with E-state index in [0.29, 0.717) is 0 Å². The zero-order valence-corrected chi connectivity index (χ0v) is 12.3. The number of halogens is 3. The third-order valence-electron chi connectivity index (χ3n) is 2.32. The molecule has 0 aliphatic carbocycles. The number of hydrogen-bond acceptors (Lipinski definition) is 5. The molecule has 1 heterocycles. The quantitative estimate of drug-likeness (QED) is 0.396. The monoisotopic (exact) mass is 346 g/mol. The van der Waals surface area contributed by atoms with Crippen LogP contribution in [0.1, 0.15) is 10.4 Å². The SMILES string of the molecule is O=C(Nc1cc(Cl)nc(Cl)n1)c1ccc([N+](=O)[O-])cc1Cl. The molecule has 108 valence electrons. The number of nitro benzene ring substituents is 1. The number of nitro groups is 1. The molecule has 10 heteroatoms. The van der Waals surface area contributed by atoms with E-state index < -0.39 is 10.8 Å². The predicted octanol–water partition coefficient (Wildman–Crippen LogP) is 3.60. The summed E-state index contributed by atoms with van der Waals surface area (Å²) in [5.41, 5.74) is -0.169. The number of hydrogen-bond donors (Lipinski definition) is 1. The molecule has 0 spiro atoms. The third kappa shape index (κ3) is 3.78. The number of carbonyl (C=O) groups excluding carboxylic acids is 1. The van der Waals surface area contributed by atoms with E-state index in [2.05, 4.69) is 15.3 Å². The topological polar surface area (TPSA) is 98.0 Å². The van der Waals surface area contributed by atoms with Crippen molar-refractivity contribution in [3.63, 3.8) is 0 Å². The van der Waals surface area contributed by atoms with Gasteiger partial charge in [-0.3, -0.25) is 14.9 Å². The highest BCUT2D eigenvalue weighted by atomic mass is 35.5. The van der Waals surface area contributed by atoms with Crippen LogP contribution in [0.4, 0.5) is 11.5 Å². The Bertz CT molecular complexity index is 718. The molecular formula is C11H5Cl3N4O3. The van der Waals surface area contributed by atoms with Gasteiger partial charge in [-0.2, -0.15) is 0 Å². The van der Waals surface area contributed by atoms with E-state index >= 15 is 0 Å².